The molecule has 1 aliphatic heterocycles. The molecule has 1 aromatic rings. The fourth-order valence-electron chi connectivity index (χ4n) is 2.94. The molecule has 1 atom stereocenters. The summed E-state index contributed by atoms with van der Waals surface area (Å²) in [6.45, 7) is 10.2. The van der Waals surface area contributed by atoms with Gasteiger partial charge in [-0.2, -0.15) is 0 Å². The van der Waals surface area contributed by atoms with E-state index < -0.39 is 0 Å². The lowest BCUT2D eigenvalue weighted by molar-refractivity contribution is 0.389. The molecule has 2 rings (SSSR count). The number of hydrogen-bond acceptors (Lipinski definition) is 4. The fraction of sp³-hybridized carbons (Fsp3) is 0.750. The third-order valence-corrected chi connectivity index (χ3v) is 4.08. The van der Waals surface area contributed by atoms with Crippen LogP contribution in [0.15, 0.2) is 17.2 Å². The minimum atomic E-state index is 0.0367. The van der Waals surface area contributed by atoms with Crippen molar-refractivity contribution in [1.29, 1.82) is 0 Å². The summed E-state index contributed by atoms with van der Waals surface area (Å²) in [6.07, 6.45) is 7.06. The second-order valence-electron chi connectivity index (χ2n) is 6.22. The van der Waals surface area contributed by atoms with E-state index in [0.717, 1.165) is 39.0 Å². The van der Waals surface area contributed by atoms with E-state index in [1.165, 1.54) is 6.42 Å². The lowest BCUT2D eigenvalue weighted by Gasteiger charge is -2.33. The van der Waals surface area contributed by atoms with Gasteiger partial charge in [0.1, 0.15) is 0 Å². The number of nitrogens with zero attached hydrogens (tertiary/aromatic N) is 3. The van der Waals surface area contributed by atoms with Gasteiger partial charge < -0.3 is 14.8 Å². The molecule has 1 unspecified atom stereocenters. The SMILES string of the molecule is CCCNCC1CCCN(c2nccn(C(C)C)c2=O)C1. The van der Waals surface area contributed by atoms with Crippen LogP contribution in [0.3, 0.4) is 0 Å². The Morgan fingerprint density at radius 3 is 3.00 bits per heavy atom. The van der Waals surface area contributed by atoms with E-state index in [-0.39, 0.29) is 11.6 Å². The summed E-state index contributed by atoms with van der Waals surface area (Å²) >= 11 is 0. The average molecular weight is 292 g/mol. The summed E-state index contributed by atoms with van der Waals surface area (Å²) in [6, 6.07) is 0.172. The average Bonchev–Trinajstić information content (AvgIpc) is 2.48. The standard InChI is InChI=1S/C16H28N4O/c1-4-7-17-11-14-6-5-9-19(12-14)15-16(21)20(13(2)3)10-8-18-15/h8,10,13-14,17H,4-7,9,11-12H2,1-3H3. The molecule has 0 saturated carbocycles. The van der Waals surface area contributed by atoms with Crippen molar-refractivity contribution in [2.24, 2.45) is 5.92 Å². The molecular formula is C16H28N4O. The van der Waals surface area contributed by atoms with E-state index in [0.29, 0.717) is 11.7 Å². The summed E-state index contributed by atoms with van der Waals surface area (Å²) in [5.74, 6) is 1.23. The highest BCUT2D eigenvalue weighted by molar-refractivity contribution is 5.36. The van der Waals surface area contributed by atoms with Gasteiger partial charge >= 0.3 is 0 Å². The van der Waals surface area contributed by atoms with Gasteiger partial charge in [-0.25, -0.2) is 4.98 Å². The van der Waals surface area contributed by atoms with Crippen molar-refractivity contribution in [2.75, 3.05) is 31.1 Å². The molecule has 0 amide bonds. The van der Waals surface area contributed by atoms with Gasteiger partial charge in [0.2, 0.25) is 0 Å². The minimum absolute atomic E-state index is 0.0367. The number of rotatable bonds is 6. The summed E-state index contributed by atoms with van der Waals surface area (Å²) in [4.78, 5) is 19.0. The van der Waals surface area contributed by atoms with Crippen molar-refractivity contribution in [3.05, 3.63) is 22.7 Å². The normalized spacial score (nSPS) is 19.2. The van der Waals surface area contributed by atoms with Crippen molar-refractivity contribution in [3.8, 4) is 0 Å². The van der Waals surface area contributed by atoms with E-state index >= 15 is 0 Å². The summed E-state index contributed by atoms with van der Waals surface area (Å²) in [7, 11) is 0. The van der Waals surface area contributed by atoms with Gasteiger partial charge in [0.15, 0.2) is 5.82 Å². The molecule has 21 heavy (non-hydrogen) atoms. The third-order valence-electron chi connectivity index (χ3n) is 4.08. The molecule has 118 valence electrons. The topological polar surface area (TPSA) is 50.2 Å². The van der Waals surface area contributed by atoms with Crippen LogP contribution in [0.4, 0.5) is 5.82 Å². The Labute approximate surface area is 127 Å². The number of anilines is 1. The van der Waals surface area contributed by atoms with Crippen LogP contribution in [-0.4, -0.2) is 35.7 Å². The van der Waals surface area contributed by atoms with Crippen LogP contribution in [0.2, 0.25) is 0 Å². The van der Waals surface area contributed by atoms with E-state index in [1.54, 1.807) is 17.0 Å². The van der Waals surface area contributed by atoms with Gasteiger partial charge in [-0.05, 0) is 52.1 Å². The molecule has 0 bridgehead atoms. The second kappa shape index (κ2) is 7.59. The van der Waals surface area contributed by atoms with Crippen molar-refractivity contribution >= 4 is 5.82 Å². The van der Waals surface area contributed by atoms with Crippen LogP contribution in [0.25, 0.3) is 0 Å². The Bertz CT molecular complexity index is 497. The molecule has 1 aromatic heterocycles. The van der Waals surface area contributed by atoms with E-state index in [1.807, 2.05) is 13.8 Å². The Balaban J connectivity index is 2.07. The first-order chi connectivity index (χ1) is 10.1. The third kappa shape index (κ3) is 4.06. The second-order valence-corrected chi connectivity index (χ2v) is 6.22. The number of aromatic nitrogens is 2. The molecule has 1 saturated heterocycles. The number of piperidine rings is 1. The monoisotopic (exact) mass is 292 g/mol. The highest BCUT2D eigenvalue weighted by Gasteiger charge is 2.23. The highest BCUT2D eigenvalue weighted by Crippen LogP contribution is 2.19. The Morgan fingerprint density at radius 2 is 2.29 bits per heavy atom. The Hall–Kier alpha value is -1.36. The van der Waals surface area contributed by atoms with Crippen molar-refractivity contribution in [2.45, 2.75) is 46.1 Å². The van der Waals surface area contributed by atoms with Crippen molar-refractivity contribution in [1.82, 2.24) is 14.9 Å². The Kier molecular flexibility index (Phi) is 5.79. The molecule has 0 aromatic carbocycles. The molecule has 5 heteroatoms. The molecule has 0 aliphatic carbocycles. The smallest absolute Gasteiger partial charge is 0.293 e. The highest BCUT2D eigenvalue weighted by atomic mass is 16.1. The summed E-state index contributed by atoms with van der Waals surface area (Å²) < 4.78 is 1.77. The lowest BCUT2D eigenvalue weighted by atomic mass is 9.98. The van der Waals surface area contributed by atoms with Crippen molar-refractivity contribution < 1.29 is 0 Å². The van der Waals surface area contributed by atoms with Gasteiger partial charge in [-0.15, -0.1) is 0 Å². The minimum Gasteiger partial charge on any atom is -0.352 e. The van der Waals surface area contributed by atoms with Gasteiger partial charge in [0, 0.05) is 31.5 Å². The van der Waals surface area contributed by atoms with Gasteiger partial charge in [-0.3, -0.25) is 4.79 Å². The van der Waals surface area contributed by atoms with Crippen LogP contribution in [0.5, 0.6) is 0 Å². The van der Waals surface area contributed by atoms with Crippen LogP contribution in [0.1, 0.15) is 46.1 Å². The van der Waals surface area contributed by atoms with Gasteiger partial charge in [0.25, 0.3) is 5.56 Å². The first-order valence-electron chi connectivity index (χ1n) is 8.16. The molecule has 0 radical (unpaired) electrons. The first kappa shape index (κ1) is 16.0. The molecule has 2 heterocycles. The van der Waals surface area contributed by atoms with Crippen LogP contribution in [0, 0.1) is 5.92 Å². The van der Waals surface area contributed by atoms with Crippen molar-refractivity contribution in [3.63, 3.8) is 0 Å². The molecule has 0 spiro atoms. The van der Waals surface area contributed by atoms with Crippen LogP contribution >= 0.6 is 0 Å². The Morgan fingerprint density at radius 1 is 1.48 bits per heavy atom. The first-order valence-corrected chi connectivity index (χ1v) is 8.16. The zero-order valence-electron chi connectivity index (χ0n) is 13.5. The number of nitrogens with one attached hydrogen (secondary N) is 1. The molecule has 1 fully saturated rings. The maximum absolute atomic E-state index is 12.5. The fourth-order valence-corrected chi connectivity index (χ4v) is 2.94. The molecule has 1 N–H and O–H groups in total. The van der Waals surface area contributed by atoms with E-state index in [4.69, 9.17) is 0 Å². The zero-order chi connectivity index (χ0) is 15.2. The molecule has 1 aliphatic rings. The zero-order valence-corrected chi connectivity index (χ0v) is 13.5. The molecular weight excluding hydrogens is 264 g/mol. The number of hydrogen-bond donors (Lipinski definition) is 1. The van der Waals surface area contributed by atoms with Crippen LogP contribution < -0.4 is 15.8 Å². The van der Waals surface area contributed by atoms with E-state index in [2.05, 4.69) is 22.1 Å². The maximum Gasteiger partial charge on any atom is 0.293 e. The quantitative estimate of drug-likeness (QED) is 0.815. The maximum atomic E-state index is 12.5. The lowest BCUT2D eigenvalue weighted by Crippen LogP contribution is -2.43. The predicted molar refractivity (Wildman–Crippen MR) is 87.0 cm³/mol. The summed E-state index contributed by atoms with van der Waals surface area (Å²) in [5, 5.41) is 3.49. The predicted octanol–water partition coefficient (Wildman–Crippen LogP) is 2.04. The van der Waals surface area contributed by atoms with E-state index in [9.17, 15) is 4.79 Å². The summed E-state index contributed by atoms with van der Waals surface area (Å²) in [5.41, 5.74) is 0.0367. The molecule has 5 nitrogen and oxygen atoms in total. The largest absolute Gasteiger partial charge is 0.352 e. The van der Waals surface area contributed by atoms with Gasteiger partial charge in [-0.1, -0.05) is 6.92 Å². The van der Waals surface area contributed by atoms with Crippen LogP contribution in [-0.2, 0) is 0 Å². The van der Waals surface area contributed by atoms with Gasteiger partial charge in [0.05, 0.1) is 0 Å².